The molecule has 0 saturated carbocycles. The molecule has 158 valence electrons. The summed E-state index contributed by atoms with van der Waals surface area (Å²) in [5, 5.41) is 15.1. The minimum atomic E-state index is -0.265. The average molecular weight is 396 g/mol. The zero-order valence-corrected chi connectivity index (χ0v) is 17.4. The summed E-state index contributed by atoms with van der Waals surface area (Å²) in [4.78, 5) is 18.0. The number of aliphatic imine (C=N–C) groups is 1. The Morgan fingerprint density at radius 2 is 2.07 bits per heavy atom. The highest BCUT2D eigenvalue weighted by Crippen LogP contribution is 2.11. The van der Waals surface area contributed by atoms with Crippen LogP contribution in [-0.2, 0) is 23.1 Å². The molecule has 1 aromatic rings. The zero-order chi connectivity index (χ0) is 20.4. The van der Waals surface area contributed by atoms with Gasteiger partial charge >= 0.3 is 6.09 Å². The van der Waals surface area contributed by atoms with Gasteiger partial charge in [0.25, 0.3) is 0 Å². The van der Waals surface area contributed by atoms with Crippen LogP contribution in [0.3, 0.4) is 0 Å². The first-order chi connectivity index (χ1) is 13.5. The summed E-state index contributed by atoms with van der Waals surface area (Å²) in [7, 11) is 3.35. The van der Waals surface area contributed by atoms with Crippen LogP contribution in [0.25, 0.3) is 0 Å². The average Bonchev–Trinajstić information content (AvgIpc) is 3.03. The molecule has 0 bridgehead atoms. The summed E-state index contributed by atoms with van der Waals surface area (Å²) < 4.78 is 12.1. The molecule has 0 aliphatic carbocycles. The fourth-order valence-electron chi connectivity index (χ4n) is 2.95. The Morgan fingerprint density at radius 1 is 1.32 bits per heavy atom. The molecule has 1 aromatic heterocycles. The molecule has 10 heteroatoms. The van der Waals surface area contributed by atoms with Crippen molar-refractivity contribution in [1.29, 1.82) is 0 Å². The second-order valence-corrected chi connectivity index (χ2v) is 6.74. The molecule has 0 aromatic carbocycles. The number of likely N-dealkylation sites (tertiary alicyclic amines) is 1. The highest BCUT2D eigenvalue weighted by molar-refractivity contribution is 5.80. The van der Waals surface area contributed by atoms with E-state index in [0.717, 1.165) is 56.6 Å². The Hall–Kier alpha value is -2.36. The lowest BCUT2D eigenvalue weighted by molar-refractivity contribution is 0.111. The Labute approximate surface area is 166 Å². The molecule has 0 radical (unpaired) electrons. The monoisotopic (exact) mass is 395 g/mol. The summed E-state index contributed by atoms with van der Waals surface area (Å²) in [5.74, 6) is 2.42. The van der Waals surface area contributed by atoms with Gasteiger partial charge in [-0.15, -0.1) is 10.2 Å². The van der Waals surface area contributed by atoms with Gasteiger partial charge in [-0.1, -0.05) is 0 Å². The molecule has 1 aliphatic heterocycles. The minimum absolute atomic E-state index is 0.250. The fourth-order valence-corrected chi connectivity index (χ4v) is 2.95. The van der Waals surface area contributed by atoms with Gasteiger partial charge in [0.1, 0.15) is 12.4 Å². The number of hydrogen-bond donors (Lipinski definition) is 2. The van der Waals surface area contributed by atoms with Gasteiger partial charge in [0, 0.05) is 45.9 Å². The zero-order valence-electron chi connectivity index (χ0n) is 17.4. The summed E-state index contributed by atoms with van der Waals surface area (Å²) in [5.41, 5.74) is 0. The number of hydrogen-bond acceptors (Lipinski definition) is 6. The molecule has 0 unspecified atom stereocenters. The molecule has 1 aliphatic rings. The first-order valence-electron chi connectivity index (χ1n) is 9.85. The van der Waals surface area contributed by atoms with Crippen LogP contribution in [0.1, 0.15) is 37.8 Å². The van der Waals surface area contributed by atoms with Crippen molar-refractivity contribution in [2.24, 2.45) is 12.0 Å². The lowest BCUT2D eigenvalue weighted by atomic mass is 10.1. The molecule has 2 rings (SSSR count). The summed E-state index contributed by atoms with van der Waals surface area (Å²) in [6.45, 7) is 7.91. The molecule has 1 amide bonds. The molecular weight excluding hydrogens is 362 g/mol. The molecular formula is C18H33N7O3. The van der Waals surface area contributed by atoms with Crippen LogP contribution < -0.4 is 10.6 Å². The van der Waals surface area contributed by atoms with Crippen molar-refractivity contribution >= 4 is 12.1 Å². The van der Waals surface area contributed by atoms with E-state index < -0.39 is 0 Å². The standard InChI is InChI=1S/C18H33N7O3/c1-5-28-12-6-9-19-17(20-13-16-23-22-14(2)24(16)3)21-15-7-10-25(11-8-15)18(26)27-4/h15H,5-13H2,1-4H3,(H2,19,20,21). The molecule has 2 N–H and O–H groups in total. The van der Waals surface area contributed by atoms with Crippen molar-refractivity contribution < 1.29 is 14.3 Å². The smallest absolute Gasteiger partial charge is 0.409 e. The highest BCUT2D eigenvalue weighted by atomic mass is 16.5. The number of piperidine rings is 1. The fraction of sp³-hybridized carbons (Fsp3) is 0.778. The van der Waals surface area contributed by atoms with Gasteiger partial charge in [0.15, 0.2) is 11.8 Å². The number of carbonyl (C=O) groups is 1. The predicted molar refractivity (Wildman–Crippen MR) is 106 cm³/mol. The minimum Gasteiger partial charge on any atom is -0.453 e. The maximum Gasteiger partial charge on any atom is 0.409 e. The third-order valence-corrected chi connectivity index (χ3v) is 4.79. The molecule has 0 spiro atoms. The molecule has 1 saturated heterocycles. The Balaban J connectivity index is 1.91. The van der Waals surface area contributed by atoms with Gasteiger partial charge in [-0.25, -0.2) is 9.79 Å². The maximum absolute atomic E-state index is 11.6. The van der Waals surface area contributed by atoms with Gasteiger partial charge in [0.05, 0.1) is 7.11 Å². The van der Waals surface area contributed by atoms with E-state index in [2.05, 4.69) is 25.8 Å². The topological polar surface area (TPSA) is 106 Å². The van der Waals surface area contributed by atoms with Crippen molar-refractivity contribution in [2.75, 3.05) is 40.0 Å². The van der Waals surface area contributed by atoms with E-state index >= 15 is 0 Å². The number of amides is 1. The number of aryl methyl sites for hydroxylation is 1. The van der Waals surface area contributed by atoms with Crippen LogP contribution in [0.4, 0.5) is 4.79 Å². The number of methoxy groups -OCH3 is 1. The predicted octanol–water partition coefficient (Wildman–Crippen LogP) is 0.816. The van der Waals surface area contributed by atoms with E-state index in [1.54, 1.807) is 4.90 Å². The largest absolute Gasteiger partial charge is 0.453 e. The van der Waals surface area contributed by atoms with E-state index in [0.29, 0.717) is 19.6 Å². The quantitative estimate of drug-likeness (QED) is 0.381. The van der Waals surface area contributed by atoms with Crippen molar-refractivity contribution in [2.45, 2.75) is 45.7 Å². The number of aromatic nitrogens is 3. The maximum atomic E-state index is 11.6. The number of nitrogens with zero attached hydrogens (tertiary/aromatic N) is 5. The third kappa shape index (κ3) is 6.66. The molecule has 0 atom stereocenters. The number of carbonyl (C=O) groups excluding carboxylic acids is 1. The number of guanidine groups is 1. The van der Waals surface area contributed by atoms with Gasteiger partial charge in [-0.05, 0) is 33.1 Å². The van der Waals surface area contributed by atoms with Crippen LogP contribution in [-0.4, -0.2) is 77.7 Å². The van der Waals surface area contributed by atoms with Crippen LogP contribution in [0, 0.1) is 6.92 Å². The SMILES string of the molecule is CCOCCCNC(=NCc1nnc(C)n1C)NC1CCN(C(=O)OC)CC1. The second kappa shape index (κ2) is 11.5. The van der Waals surface area contributed by atoms with Gasteiger partial charge < -0.3 is 29.6 Å². The van der Waals surface area contributed by atoms with Gasteiger partial charge in [-0.2, -0.15) is 0 Å². The highest BCUT2D eigenvalue weighted by Gasteiger charge is 2.23. The first-order valence-corrected chi connectivity index (χ1v) is 9.85. The lowest BCUT2D eigenvalue weighted by Gasteiger charge is -2.32. The second-order valence-electron chi connectivity index (χ2n) is 6.74. The Bertz CT molecular complexity index is 639. The van der Waals surface area contributed by atoms with Crippen molar-refractivity contribution in [1.82, 2.24) is 30.3 Å². The first kappa shape index (κ1) is 21.9. The normalized spacial score (nSPS) is 15.6. The van der Waals surface area contributed by atoms with Crippen molar-refractivity contribution in [3.8, 4) is 0 Å². The molecule has 2 heterocycles. The van der Waals surface area contributed by atoms with Crippen LogP contribution in [0.5, 0.6) is 0 Å². The van der Waals surface area contributed by atoms with Crippen LogP contribution >= 0.6 is 0 Å². The van der Waals surface area contributed by atoms with Crippen LogP contribution in [0.2, 0.25) is 0 Å². The molecule has 1 fully saturated rings. The Morgan fingerprint density at radius 3 is 2.68 bits per heavy atom. The van der Waals surface area contributed by atoms with Gasteiger partial charge in [-0.3, -0.25) is 0 Å². The summed E-state index contributed by atoms with van der Waals surface area (Å²) in [6, 6.07) is 0.250. The van der Waals surface area contributed by atoms with E-state index in [1.165, 1.54) is 7.11 Å². The van der Waals surface area contributed by atoms with Crippen LogP contribution in [0.15, 0.2) is 4.99 Å². The number of rotatable bonds is 8. The molecule has 28 heavy (non-hydrogen) atoms. The summed E-state index contributed by atoms with van der Waals surface area (Å²) in [6.07, 6.45) is 2.33. The van der Waals surface area contributed by atoms with Gasteiger partial charge in [0.2, 0.25) is 0 Å². The Kier molecular flexibility index (Phi) is 8.99. The van der Waals surface area contributed by atoms with Crippen molar-refractivity contribution in [3.63, 3.8) is 0 Å². The van der Waals surface area contributed by atoms with E-state index in [9.17, 15) is 4.79 Å². The van der Waals surface area contributed by atoms with Crippen molar-refractivity contribution in [3.05, 3.63) is 11.6 Å². The summed E-state index contributed by atoms with van der Waals surface area (Å²) >= 11 is 0. The number of nitrogens with one attached hydrogen (secondary N) is 2. The van der Waals surface area contributed by atoms with E-state index in [-0.39, 0.29) is 12.1 Å². The lowest BCUT2D eigenvalue weighted by Crippen LogP contribution is -2.50. The van der Waals surface area contributed by atoms with E-state index in [1.807, 2.05) is 25.5 Å². The molecule has 10 nitrogen and oxygen atoms in total. The third-order valence-electron chi connectivity index (χ3n) is 4.79. The van der Waals surface area contributed by atoms with E-state index in [4.69, 9.17) is 9.47 Å². The number of ether oxygens (including phenoxy) is 2.